The minimum absolute atomic E-state index is 0.0922. The maximum absolute atomic E-state index is 10.8. The van der Waals surface area contributed by atoms with Gasteiger partial charge in [0, 0.05) is 19.2 Å². The Hall–Kier alpha value is -0.980. The highest BCUT2D eigenvalue weighted by molar-refractivity contribution is 9.10. The van der Waals surface area contributed by atoms with E-state index in [0.717, 1.165) is 31.4 Å². The average molecular weight is 317 g/mol. The van der Waals surface area contributed by atoms with Gasteiger partial charge in [0.05, 0.1) is 9.40 Å². The molecule has 0 aliphatic heterocycles. The van der Waals surface area contributed by atoms with Gasteiger partial charge in [-0.15, -0.1) is 0 Å². The minimum atomic E-state index is -0.394. The molecule has 0 spiro atoms. The molecule has 6 heteroatoms. The smallest absolute Gasteiger partial charge is 0.283 e. The first kappa shape index (κ1) is 15.1. The Bertz CT molecular complexity index is 399. The van der Waals surface area contributed by atoms with Crippen LogP contribution in [-0.4, -0.2) is 23.2 Å². The van der Waals surface area contributed by atoms with Gasteiger partial charge in [-0.05, 0) is 47.3 Å². The first-order valence-corrected chi connectivity index (χ1v) is 6.69. The first-order valence-electron chi connectivity index (χ1n) is 5.90. The van der Waals surface area contributed by atoms with Crippen LogP contribution in [0, 0.1) is 10.1 Å². The van der Waals surface area contributed by atoms with E-state index in [4.69, 9.17) is 5.11 Å². The van der Waals surface area contributed by atoms with Crippen LogP contribution in [-0.2, 0) is 6.54 Å². The van der Waals surface area contributed by atoms with E-state index in [0.29, 0.717) is 11.0 Å². The molecule has 1 rings (SSSR count). The Morgan fingerprint density at radius 2 is 2.11 bits per heavy atom. The van der Waals surface area contributed by atoms with Gasteiger partial charge in [-0.3, -0.25) is 10.1 Å². The van der Waals surface area contributed by atoms with E-state index in [2.05, 4.69) is 21.2 Å². The normalized spacial score (nSPS) is 10.6. The number of nitro benzene ring substituents is 1. The summed E-state index contributed by atoms with van der Waals surface area (Å²) in [5.74, 6) is 0. The lowest BCUT2D eigenvalue weighted by atomic mass is 10.2. The number of aliphatic hydroxyl groups is 1. The number of benzene rings is 1. The van der Waals surface area contributed by atoms with Crippen molar-refractivity contribution >= 4 is 21.6 Å². The van der Waals surface area contributed by atoms with Gasteiger partial charge in [-0.25, -0.2) is 0 Å². The number of nitro groups is 1. The Balaban J connectivity index is 2.43. The molecule has 0 radical (unpaired) electrons. The molecular formula is C12H17BrN2O3. The number of aliphatic hydroxyl groups excluding tert-OH is 1. The Morgan fingerprint density at radius 3 is 2.78 bits per heavy atom. The summed E-state index contributed by atoms with van der Waals surface area (Å²) in [7, 11) is 0. The Labute approximate surface area is 114 Å². The van der Waals surface area contributed by atoms with Crippen molar-refractivity contribution in [3.8, 4) is 0 Å². The van der Waals surface area contributed by atoms with Crippen molar-refractivity contribution in [2.45, 2.75) is 25.8 Å². The van der Waals surface area contributed by atoms with Crippen molar-refractivity contribution < 1.29 is 10.0 Å². The van der Waals surface area contributed by atoms with Crippen LogP contribution in [0.15, 0.2) is 22.7 Å². The fraction of sp³-hybridized carbons (Fsp3) is 0.500. The van der Waals surface area contributed by atoms with Gasteiger partial charge in [-0.1, -0.05) is 12.1 Å². The van der Waals surface area contributed by atoms with E-state index < -0.39 is 4.92 Å². The molecule has 0 bridgehead atoms. The second-order valence-corrected chi connectivity index (χ2v) is 4.76. The third kappa shape index (κ3) is 4.72. The molecule has 5 nitrogen and oxygen atoms in total. The molecule has 0 unspecified atom stereocenters. The van der Waals surface area contributed by atoms with Crippen LogP contribution in [0.1, 0.15) is 24.8 Å². The zero-order valence-electron chi connectivity index (χ0n) is 10.1. The van der Waals surface area contributed by atoms with Gasteiger partial charge in [0.2, 0.25) is 0 Å². The predicted octanol–water partition coefficient (Wildman–Crippen LogP) is 2.61. The highest BCUT2D eigenvalue weighted by atomic mass is 79.9. The molecule has 0 saturated heterocycles. The highest BCUT2D eigenvalue weighted by Gasteiger charge is 2.13. The van der Waals surface area contributed by atoms with Crippen LogP contribution in [0.5, 0.6) is 0 Å². The predicted molar refractivity (Wildman–Crippen MR) is 73.4 cm³/mol. The lowest BCUT2D eigenvalue weighted by molar-refractivity contribution is -0.385. The standard InChI is InChI=1S/C12H17BrN2O3/c13-12-10(5-4-6-11(12)15(17)18)9-14-7-2-1-3-8-16/h4-6,14,16H,1-3,7-9H2. The maximum Gasteiger partial charge on any atom is 0.283 e. The molecule has 0 heterocycles. The molecule has 0 aliphatic carbocycles. The molecule has 0 saturated carbocycles. The number of nitrogens with one attached hydrogen (secondary N) is 1. The number of unbranched alkanes of at least 4 members (excludes halogenated alkanes) is 2. The van der Waals surface area contributed by atoms with E-state index in [-0.39, 0.29) is 12.3 Å². The summed E-state index contributed by atoms with van der Waals surface area (Å²) >= 11 is 3.26. The van der Waals surface area contributed by atoms with Crippen LogP contribution in [0.2, 0.25) is 0 Å². The van der Waals surface area contributed by atoms with E-state index in [1.54, 1.807) is 6.07 Å². The Morgan fingerprint density at radius 1 is 1.33 bits per heavy atom. The van der Waals surface area contributed by atoms with E-state index in [1.165, 1.54) is 6.07 Å². The number of rotatable bonds is 8. The van der Waals surface area contributed by atoms with Crippen molar-refractivity contribution in [2.75, 3.05) is 13.2 Å². The van der Waals surface area contributed by atoms with Gasteiger partial charge in [-0.2, -0.15) is 0 Å². The lowest BCUT2D eigenvalue weighted by Gasteiger charge is -2.07. The third-order valence-corrected chi connectivity index (χ3v) is 3.50. The van der Waals surface area contributed by atoms with Crippen molar-refractivity contribution in [2.24, 2.45) is 0 Å². The summed E-state index contributed by atoms with van der Waals surface area (Å²) < 4.78 is 0.540. The number of nitrogens with zero attached hydrogens (tertiary/aromatic N) is 1. The first-order chi connectivity index (χ1) is 8.66. The zero-order valence-corrected chi connectivity index (χ0v) is 11.6. The van der Waals surface area contributed by atoms with Gasteiger partial charge >= 0.3 is 0 Å². The molecule has 1 aromatic carbocycles. The number of halogens is 1. The molecule has 0 aliphatic rings. The minimum Gasteiger partial charge on any atom is -0.396 e. The molecule has 0 aromatic heterocycles. The van der Waals surface area contributed by atoms with Gasteiger partial charge in [0.1, 0.15) is 0 Å². The fourth-order valence-corrected chi connectivity index (χ4v) is 2.15. The van der Waals surface area contributed by atoms with Crippen LogP contribution in [0.25, 0.3) is 0 Å². The second-order valence-electron chi connectivity index (χ2n) is 3.97. The fourth-order valence-electron chi connectivity index (χ4n) is 1.61. The summed E-state index contributed by atoms with van der Waals surface area (Å²) in [6, 6.07) is 5.03. The largest absolute Gasteiger partial charge is 0.396 e. The monoisotopic (exact) mass is 316 g/mol. The van der Waals surface area contributed by atoms with Crippen LogP contribution >= 0.6 is 15.9 Å². The summed E-state index contributed by atoms with van der Waals surface area (Å²) in [5.41, 5.74) is 0.973. The molecule has 0 atom stereocenters. The van der Waals surface area contributed by atoms with E-state index >= 15 is 0 Å². The van der Waals surface area contributed by atoms with Crippen molar-refractivity contribution in [3.63, 3.8) is 0 Å². The molecule has 18 heavy (non-hydrogen) atoms. The summed E-state index contributed by atoms with van der Waals surface area (Å²) in [5, 5.41) is 22.6. The molecule has 0 amide bonds. The molecule has 1 aromatic rings. The zero-order chi connectivity index (χ0) is 13.4. The van der Waals surface area contributed by atoms with E-state index in [1.807, 2.05) is 6.07 Å². The quantitative estimate of drug-likeness (QED) is 0.439. The SMILES string of the molecule is O=[N+]([O-])c1cccc(CNCCCCCO)c1Br. The average Bonchev–Trinajstić information content (AvgIpc) is 2.35. The second kappa shape index (κ2) is 8.18. The number of hydrogen-bond donors (Lipinski definition) is 2. The maximum atomic E-state index is 10.8. The van der Waals surface area contributed by atoms with Crippen LogP contribution in [0.4, 0.5) is 5.69 Å². The van der Waals surface area contributed by atoms with Crippen LogP contribution in [0.3, 0.4) is 0 Å². The van der Waals surface area contributed by atoms with Crippen LogP contribution < -0.4 is 5.32 Å². The third-order valence-electron chi connectivity index (χ3n) is 2.58. The lowest BCUT2D eigenvalue weighted by Crippen LogP contribution is -2.15. The molecule has 100 valence electrons. The topological polar surface area (TPSA) is 75.4 Å². The molecule has 2 N–H and O–H groups in total. The Kier molecular flexibility index (Phi) is 6.85. The van der Waals surface area contributed by atoms with Gasteiger partial charge in [0.25, 0.3) is 5.69 Å². The summed E-state index contributed by atoms with van der Waals surface area (Å²) in [6.45, 7) is 1.67. The number of hydrogen-bond acceptors (Lipinski definition) is 4. The summed E-state index contributed by atoms with van der Waals surface area (Å²) in [6.07, 6.45) is 2.80. The van der Waals surface area contributed by atoms with Crippen molar-refractivity contribution in [1.82, 2.24) is 5.32 Å². The summed E-state index contributed by atoms with van der Waals surface area (Å²) in [4.78, 5) is 10.4. The van der Waals surface area contributed by atoms with Crippen molar-refractivity contribution in [3.05, 3.63) is 38.3 Å². The molecular weight excluding hydrogens is 300 g/mol. The van der Waals surface area contributed by atoms with Gasteiger partial charge < -0.3 is 10.4 Å². The van der Waals surface area contributed by atoms with E-state index in [9.17, 15) is 10.1 Å². The van der Waals surface area contributed by atoms with Gasteiger partial charge in [0.15, 0.2) is 0 Å². The molecule has 0 fully saturated rings. The van der Waals surface area contributed by atoms with Crippen molar-refractivity contribution in [1.29, 1.82) is 0 Å². The highest BCUT2D eigenvalue weighted by Crippen LogP contribution is 2.27.